The lowest BCUT2D eigenvalue weighted by Crippen LogP contribution is -2.11. The summed E-state index contributed by atoms with van der Waals surface area (Å²) in [4.78, 5) is 20.9. The maximum Gasteiger partial charge on any atom is 0.255 e. The topological polar surface area (TPSA) is 66.9 Å². The van der Waals surface area contributed by atoms with E-state index in [0.717, 1.165) is 17.8 Å². The molecule has 0 fully saturated rings. The zero-order chi connectivity index (χ0) is 21.6. The zero-order valence-electron chi connectivity index (χ0n) is 17.0. The molecule has 6 heteroatoms. The van der Waals surface area contributed by atoms with Crippen molar-refractivity contribution >= 4 is 23.1 Å². The van der Waals surface area contributed by atoms with E-state index in [1.54, 1.807) is 42.5 Å². The first-order valence-corrected chi connectivity index (χ1v) is 9.96. The van der Waals surface area contributed by atoms with Crippen LogP contribution >= 0.6 is 0 Å². The van der Waals surface area contributed by atoms with E-state index >= 15 is 0 Å². The van der Waals surface area contributed by atoms with Crippen molar-refractivity contribution in [2.75, 3.05) is 10.6 Å². The van der Waals surface area contributed by atoms with Gasteiger partial charge < -0.3 is 10.6 Å². The fourth-order valence-corrected chi connectivity index (χ4v) is 3.11. The first-order chi connectivity index (χ1) is 15.1. The smallest absolute Gasteiger partial charge is 0.255 e. The average molecular weight is 412 g/mol. The Morgan fingerprint density at radius 3 is 2.35 bits per heavy atom. The number of aromatic nitrogens is 2. The summed E-state index contributed by atoms with van der Waals surface area (Å²) in [5.41, 5.74) is 4.58. The second-order valence-electron chi connectivity index (χ2n) is 7.01. The van der Waals surface area contributed by atoms with Gasteiger partial charge in [0.15, 0.2) is 0 Å². The molecule has 0 aliphatic rings. The Balaban J connectivity index is 1.43. The number of carbonyl (C=O) groups excluding carboxylic acids is 1. The van der Waals surface area contributed by atoms with Gasteiger partial charge in [-0.1, -0.05) is 31.2 Å². The van der Waals surface area contributed by atoms with E-state index in [-0.39, 0.29) is 11.7 Å². The maximum absolute atomic E-state index is 13.5. The van der Waals surface area contributed by atoms with Crippen LogP contribution in [0.3, 0.4) is 0 Å². The maximum atomic E-state index is 13.5. The van der Waals surface area contributed by atoms with Crippen LogP contribution in [0, 0.1) is 5.82 Å². The van der Waals surface area contributed by atoms with Crippen LogP contribution < -0.4 is 10.6 Å². The molecule has 0 aliphatic heterocycles. The van der Waals surface area contributed by atoms with Crippen LogP contribution in [0.15, 0.2) is 85.2 Å². The van der Waals surface area contributed by atoms with Gasteiger partial charge >= 0.3 is 0 Å². The van der Waals surface area contributed by atoms with Crippen LogP contribution in [0.1, 0.15) is 22.8 Å². The summed E-state index contributed by atoms with van der Waals surface area (Å²) >= 11 is 0. The summed E-state index contributed by atoms with van der Waals surface area (Å²) in [6.07, 6.45) is 2.38. The minimum Gasteiger partial charge on any atom is -0.340 e. The fourth-order valence-electron chi connectivity index (χ4n) is 3.11. The third kappa shape index (κ3) is 5.11. The summed E-state index contributed by atoms with van der Waals surface area (Å²) in [7, 11) is 0. The van der Waals surface area contributed by atoms with Crippen LogP contribution in [0.2, 0.25) is 0 Å². The molecule has 0 saturated heterocycles. The minimum absolute atomic E-state index is 0.175. The molecule has 0 radical (unpaired) electrons. The third-order valence-corrected chi connectivity index (χ3v) is 4.83. The molecule has 0 bridgehead atoms. The van der Waals surface area contributed by atoms with Gasteiger partial charge in [0.1, 0.15) is 18.0 Å². The highest BCUT2D eigenvalue weighted by atomic mass is 19.1. The van der Waals surface area contributed by atoms with E-state index in [9.17, 15) is 9.18 Å². The van der Waals surface area contributed by atoms with Gasteiger partial charge in [-0.2, -0.15) is 0 Å². The zero-order valence-corrected chi connectivity index (χ0v) is 17.0. The van der Waals surface area contributed by atoms with Crippen molar-refractivity contribution < 1.29 is 9.18 Å². The molecule has 0 atom stereocenters. The van der Waals surface area contributed by atoms with Crippen LogP contribution in [-0.4, -0.2) is 15.9 Å². The van der Waals surface area contributed by atoms with Crippen LogP contribution in [0.25, 0.3) is 11.3 Å². The van der Waals surface area contributed by atoms with Gasteiger partial charge in [0.05, 0.1) is 5.69 Å². The fraction of sp³-hybridized carbons (Fsp3) is 0.0800. The molecule has 3 aromatic carbocycles. The number of hydrogen-bond acceptors (Lipinski definition) is 4. The van der Waals surface area contributed by atoms with Crippen LogP contribution in [-0.2, 0) is 6.42 Å². The van der Waals surface area contributed by atoms with E-state index in [4.69, 9.17) is 0 Å². The lowest BCUT2D eigenvalue weighted by molar-refractivity contribution is 0.102. The summed E-state index contributed by atoms with van der Waals surface area (Å²) in [5.74, 6) is 0.0782. The van der Waals surface area contributed by atoms with Crippen molar-refractivity contribution in [1.82, 2.24) is 9.97 Å². The lowest BCUT2D eigenvalue weighted by atomic mass is 10.1. The predicted octanol–water partition coefficient (Wildman–Crippen LogP) is 5.84. The van der Waals surface area contributed by atoms with E-state index < -0.39 is 0 Å². The Hall–Kier alpha value is -4.06. The Kier molecular flexibility index (Phi) is 5.98. The van der Waals surface area contributed by atoms with Gasteiger partial charge in [-0.25, -0.2) is 14.4 Å². The number of aryl methyl sites for hydroxylation is 1. The van der Waals surface area contributed by atoms with Crippen LogP contribution in [0.5, 0.6) is 0 Å². The molecule has 1 aromatic heterocycles. The second kappa shape index (κ2) is 9.17. The summed E-state index contributed by atoms with van der Waals surface area (Å²) in [6, 6.07) is 22.9. The highest BCUT2D eigenvalue weighted by molar-refractivity contribution is 6.04. The Bertz CT molecular complexity index is 1190. The molecule has 0 spiro atoms. The molecule has 0 aliphatic carbocycles. The number of nitrogens with one attached hydrogen (secondary N) is 2. The monoisotopic (exact) mass is 412 g/mol. The summed E-state index contributed by atoms with van der Waals surface area (Å²) in [6.45, 7) is 2.09. The van der Waals surface area contributed by atoms with Gasteiger partial charge in [0.2, 0.25) is 0 Å². The Morgan fingerprint density at radius 2 is 1.65 bits per heavy atom. The number of hydrogen-bond donors (Lipinski definition) is 2. The highest BCUT2D eigenvalue weighted by Gasteiger charge is 2.07. The standard InChI is InChI=1S/C25H21FN4O/c1-2-17-6-10-22(11-7-17)30-25(31)18-8-12-21(13-9-18)29-24-15-23(27-16-28-24)19-4-3-5-20(26)14-19/h3-16H,2H2,1H3,(H,30,31)(H,27,28,29). The number of anilines is 3. The molecule has 5 nitrogen and oxygen atoms in total. The van der Waals surface area contributed by atoms with Gasteiger partial charge in [-0.3, -0.25) is 4.79 Å². The molecule has 31 heavy (non-hydrogen) atoms. The van der Waals surface area contributed by atoms with Crippen molar-refractivity contribution in [3.8, 4) is 11.3 Å². The minimum atomic E-state index is -0.319. The SMILES string of the molecule is CCc1ccc(NC(=O)c2ccc(Nc3cc(-c4cccc(F)c4)ncn3)cc2)cc1. The normalized spacial score (nSPS) is 10.5. The van der Waals surface area contributed by atoms with Gasteiger partial charge in [0.25, 0.3) is 5.91 Å². The molecule has 1 heterocycles. The van der Waals surface area contributed by atoms with Crippen molar-refractivity contribution in [3.63, 3.8) is 0 Å². The quantitative estimate of drug-likeness (QED) is 0.417. The average Bonchev–Trinajstić information content (AvgIpc) is 2.80. The van der Waals surface area contributed by atoms with Crippen LogP contribution in [0.4, 0.5) is 21.6 Å². The van der Waals surface area contributed by atoms with Gasteiger partial charge in [0, 0.05) is 28.6 Å². The van der Waals surface area contributed by atoms with Crippen molar-refractivity contribution in [3.05, 3.63) is 102 Å². The highest BCUT2D eigenvalue weighted by Crippen LogP contribution is 2.22. The molecule has 4 aromatic rings. The lowest BCUT2D eigenvalue weighted by Gasteiger charge is -2.09. The molecule has 0 unspecified atom stereocenters. The second-order valence-corrected chi connectivity index (χ2v) is 7.01. The molecule has 0 saturated carbocycles. The number of nitrogens with zero attached hydrogens (tertiary/aromatic N) is 2. The van der Waals surface area contributed by atoms with E-state index in [2.05, 4.69) is 27.5 Å². The number of halogens is 1. The molecular weight excluding hydrogens is 391 g/mol. The summed E-state index contributed by atoms with van der Waals surface area (Å²) in [5, 5.41) is 6.08. The van der Waals surface area contributed by atoms with E-state index in [1.807, 2.05) is 24.3 Å². The molecular formula is C25H21FN4O. The Morgan fingerprint density at radius 1 is 0.903 bits per heavy atom. The number of benzene rings is 3. The molecule has 1 amide bonds. The predicted molar refractivity (Wildman–Crippen MR) is 121 cm³/mol. The number of rotatable bonds is 6. The molecule has 154 valence electrons. The summed E-state index contributed by atoms with van der Waals surface area (Å²) < 4.78 is 13.5. The molecule has 2 N–H and O–H groups in total. The number of amides is 1. The van der Waals surface area contributed by atoms with E-state index in [0.29, 0.717) is 22.6 Å². The van der Waals surface area contributed by atoms with Gasteiger partial charge in [-0.15, -0.1) is 0 Å². The largest absolute Gasteiger partial charge is 0.340 e. The van der Waals surface area contributed by atoms with Crippen molar-refractivity contribution in [1.29, 1.82) is 0 Å². The van der Waals surface area contributed by atoms with Crippen molar-refractivity contribution in [2.45, 2.75) is 13.3 Å². The Labute approximate surface area is 180 Å². The third-order valence-electron chi connectivity index (χ3n) is 4.83. The first kappa shape index (κ1) is 20.2. The van der Waals surface area contributed by atoms with Crippen molar-refractivity contribution in [2.24, 2.45) is 0 Å². The van der Waals surface area contributed by atoms with Gasteiger partial charge in [-0.05, 0) is 60.5 Å². The number of carbonyl (C=O) groups is 1. The van der Waals surface area contributed by atoms with E-state index in [1.165, 1.54) is 24.0 Å². The first-order valence-electron chi connectivity index (χ1n) is 9.96. The molecule has 4 rings (SSSR count).